The maximum atomic E-state index is 12.4. The van der Waals surface area contributed by atoms with Gasteiger partial charge in [-0.3, -0.25) is 14.6 Å². The fraction of sp³-hybridized carbons (Fsp3) is 0.303. The number of aromatic nitrogens is 2. The molecule has 2 aromatic heterocycles. The van der Waals surface area contributed by atoms with E-state index in [0.717, 1.165) is 34.3 Å². The number of ether oxygens (including phenoxy) is 1. The molecule has 0 spiro atoms. The average molecular weight is 593 g/mol. The number of rotatable bonds is 4. The standard InChI is InChI=1S/C19H15N3O3.C8H7F3.C6H13N/c1-25-17-8-11-20-16-7-6-13(12-15(16)17)4-2-9-21-18(23)14-5-3-10-22-19(14)24;1-2-5-3-6(9)8(11)7(10)4-5;1-7-5-3-2-4-6-7/h3,5-8,10-12H,9H2,1H3,(H,21,23)(H,22,24);3-4H,2H2,1H3;2-6H2,1H3. The summed E-state index contributed by atoms with van der Waals surface area (Å²) in [5.74, 6) is 2.47. The van der Waals surface area contributed by atoms with Crippen molar-refractivity contribution in [2.24, 2.45) is 0 Å². The number of amides is 1. The molecule has 4 aromatic rings. The van der Waals surface area contributed by atoms with Gasteiger partial charge in [0.1, 0.15) is 11.3 Å². The molecule has 0 radical (unpaired) electrons. The summed E-state index contributed by atoms with van der Waals surface area (Å²) in [6, 6.07) is 12.4. The monoisotopic (exact) mass is 592 g/mol. The highest BCUT2D eigenvalue weighted by Gasteiger charge is 2.09. The van der Waals surface area contributed by atoms with Crippen molar-refractivity contribution in [3.63, 3.8) is 0 Å². The largest absolute Gasteiger partial charge is 0.496 e. The van der Waals surface area contributed by atoms with E-state index >= 15 is 0 Å². The van der Waals surface area contributed by atoms with Gasteiger partial charge in [0.2, 0.25) is 0 Å². The molecule has 0 unspecified atom stereocenters. The Kier molecular flexibility index (Phi) is 12.8. The summed E-state index contributed by atoms with van der Waals surface area (Å²) in [4.78, 5) is 32.6. The Morgan fingerprint density at radius 2 is 1.79 bits per heavy atom. The van der Waals surface area contributed by atoms with Crippen molar-refractivity contribution in [1.82, 2.24) is 20.2 Å². The number of piperidine rings is 1. The number of carbonyl (C=O) groups is 1. The van der Waals surface area contributed by atoms with Crippen LogP contribution in [0.15, 0.2) is 65.7 Å². The Morgan fingerprint density at radius 3 is 2.40 bits per heavy atom. The molecule has 2 aromatic carbocycles. The number of fused-ring (bicyclic) bond motifs is 1. The molecule has 3 heterocycles. The van der Waals surface area contributed by atoms with Gasteiger partial charge in [-0.05, 0) is 93.5 Å². The van der Waals surface area contributed by atoms with Crippen LogP contribution in [0.5, 0.6) is 5.75 Å². The predicted molar refractivity (Wildman–Crippen MR) is 162 cm³/mol. The first-order chi connectivity index (χ1) is 20.7. The number of pyridine rings is 2. The summed E-state index contributed by atoms with van der Waals surface area (Å²) in [6.07, 6.45) is 7.93. The molecule has 0 atom stereocenters. The van der Waals surface area contributed by atoms with Gasteiger partial charge in [0.15, 0.2) is 17.5 Å². The lowest BCUT2D eigenvalue weighted by Crippen LogP contribution is -2.29. The molecular formula is C33H35F3N4O3. The lowest BCUT2D eigenvalue weighted by atomic mass is 10.1. The summed E-state index contributed by atoms with van der Waals surface area (Å²) in [5.41, 5.74) is 1.70. The summed E-state index contributed by atoms with van der Waals surface area (Å²) in [5, 5.41) is 3.47. The highest BCUT2D eigenvalue weighted by atomic mass is 19.2. The first-order valence-corrected chi connectivity index (χ1v) is 13.9. The number of hydrogen-bond donors (Lipinski definition) is 2. The number of likely N-dealkylation sites (tertiary alicyclic amines) is 1. The first kappa shape index (κ1) is 32.9. The third kappa shape index (κ3) is 10.0. The Morgan fingerprint density at radius 1 is 1.07 bits per heavy atom. The second-order valence-corrected chi connectivity index (χ2v) is 9.73. The van der Waals surface area contributed by atoms with Gasteiger partial charge in [-0.25, -0.2) is 13.2 Å². The first-order valence-electron chi connectivity index (χ1n) is 13.9. The van der Waals surface area contributed by atoms with Crippen LogP contribution in [0.1, 0.15) is 47.7 Å². The van der Waals surface area contributed by atoms with Crippen molar-refractivity contribution < 1.29 is 22.7 Å². The molecule has 1 aliphatic heterocycles. The van der Waals surface area contributed by atoms with Crippen LogP contribution in [0.4, 0.5) is 13.2 Å². The van der Waals surface area contributed by atoms with E-state index in [1.54, 1.807) is 32.4 Å². The molecule has 226 valence electrons. The maximum absolute atomic E-state index is 12.4. The normalized spacial score (nSPS) is 12.5. The van der Waals surface area contributed by atoms with Crippen LogP contribution in [-0.4, -0.2) is 54.6 Å². The second kappa shape index (κ2) is 16.7. The summed E-state index contributed by atoms with van der Waals surface area (Å²) in [7, 11) is 3.80. The predicted octanol–water partition coefficient (Wildman–Crippen LogP) is 5.48. The molecule has 2 N–H and O–H groups in total. The number of nitrogens with one attached hydrogen (secondary N) is 2. The highest BCUT2D eigenvalue weighted by molar-refractivity contribution is 5.93. The Balaban J connectivity index is 0.000000229. The quantitative estimate of drug-likeness (QED) is 0.242. The average Bonchev–Trinajstić information content (AvgIpc) is 3.02. The fourth-order valence-electron chi connectivity index (χ4n) is 4.21. The molecule has 0 saturated carbocycles. The number of H-pyrrole nitrogens is 1. The SMILES string of the molecule is CCc1cc(F)c(F)c(F)c1.CN1CCCCC1.COc1ccnc2ccc(C#CCNC(=O)c3ccc[nH]c3=O)cc12. The topological polar surface area (TPSA) is 87.3 Å². The smallest absolute Gasteiger partial charge is 0.260 e. The lowest BCUT2D eigenvalue weighted by molar-refractivity contribution is 0.0957. The maximum Gasteiger partial charge on any atom is 0.260 e. The van der Waals surface area contributed by atoms with Gasteiger partial charge in [-0.1, -0.05) is 25.2 Å². The minimum absolute atomic E-state index is 0.0609. The van der Waals surface area contributed by atoms with E-state index in [2.05, 4.69) is 39.1 Å². The van der Waals surface area contributed by atoms with Gasteiger partial charge in [0.25, 0.3) is 11.5 Å². The zero-order chi connectivity index (χ0) is 31.2. The van der Waals surface area contributed by atoms with Crippen molar-refractivity contribution in [3.05, 3.63) is 105 Å². The number of nitrogens with zero attached hydrogens (tertiary/aromatic N) is 2. The van der Waals surface area contributed by atoms with Crippen molar-refractivity contribution in [2.45, 2.75) is 32.6 Å². The van der Waals surface area contributed by atoms with Crippen LogP contribution in [0, 0.1) is 29.3 Å². The van der Waals surface area contributed by atoms with Crippen molar-refractivity contribution in [1.29, 1.82) is 0 Å². The van der Waals surface area contributed by atoms with E-state index < -0.39 is 28.9 Å². The van der Waals surface area contributed by atoms with Gasteiger partial charge in [-0.2, -0.15) is 0 Å². The molecule has 1 fully saturated rings. The van der Waals surface area contributed by atoms with Gasteiger partial charge >= 0.3 is 0 Å². The number of carbonyl (C=O) groups excluding carboxylic acids is 1. The van der Waals surface area contributed by atoms with Crippen LogP contribution in [-0.2, 0) is 6.42 Å². The minimum Gasteiger partial charge on any atom is -0.496 e. The lowest BCUT2D eigenvalue weighted by Gasteiger charge is -2.20. The summed E-state index contributed by atoms with van der Waals surface area (Å²) < 4.78 is 42.4. The Hall–Kier alpha value is -4.62. The van der Waals surface area contributed by atoms with E-state index in [9.17, 15) is 22.8 Å². The highest BCUT2D eigenvalue weighted by Crippen LogP contribution is 2.24. The second-order valence-electron chi connectivity index (χ2n) is 9.73. The number of halogens is 3. The van der Waals surface area contributed by atoms with E-state index in [-0.39, 0.29) is 12.1 Å². The van der Waals surface area contributed by atoms with E-state index in [1.807, 2.05) is 18.2 Å². The molecule has 10 heteroatoms. The zero-order valence-electron chi connectivity index (χ0n) is 24.5. The fourth-order valence-corrected chi connectivity index (χ4v) is 4.21. The van der Waals surface area contributed by atoms with Crippen LogP contribution >= 0.6 is 0 Å². The van der Waals surface area contributed by atoms with E-state index in [4.69, 9.17) is 4.74 Å². The zero-order valence-corrected chi connectivity index (χ0v) is 24.5. The Labute approximate surface area is 249 Å². The number of aromatic amines is 1. The molecule has 0 aliphatic carbocycles. The molecular weight excluding hydrogens is 557 g/mol. The van der Waals surface area contributed by atoms with Crippen molar-refractivity contribution in [3.8, 4) is 17.6 Å². The number of methoxy groups -OCH3 is 1. The molecule has 7 nitrogen and oxygen atoms in total. The number of hydrogen-bond acceptors (Lipinski definition) is 5. The van der Waals surface area contributed by atoms with Crippen molar-refractivity contribution in [2.75, 3.05) is 33.8 Å². The minimum atomic E-state index is -1.40. The van der Waals surface area contributed by atoms with Gasteiger partial charge in [-0.15, -0.1) is 0 Å². The van der Waals surface area contributed by atoms with Gasteiger partial charge < -0.3 is 19.9 Å². The molecule has 1 aliphatic rings. The third-order valence-electron chi connectivity index (χ3n) is 6.59. The molecule has 5 rings (SSSR count). The summed E-state index contributed by atoms with van der Waals surface area (Å²) in [6.45, 7) is 4.52. The van der Waals surface area contributed by atoms with Crippen molar-refractivity contribution >= 4 is 16.8 Å². The third-order valence-corrected chi connectivity index (χ3v) is 6.59. The van der Waals surface area contributed by atoms with Gasteiger partial charge in [0.05, 0.1) is 19.2 Å². The molecule has 43 heavy (non-hydrogen) atoms. The number of aryl methyl sites for hydroxylation is 1. The van der Waals surface area contributed by atoms with Gasteiger partial charge in [0, 0.05) is 23.3 Å². The Bertz CT molecular complexity index is 1620. The van der Waals surface area contributed by atoms with Crippen LogP contribution in [0.25, 0.3) is 10.9 Å². The van der Waals surface area contributed by atoms with Crippen LogP contribution in [0.3, 0.4) is 0 Å². The molecule has 1 amide bonds. The molecule has 1 saturated heterocycles. The molecule has 0 bridgehead atoms. The van der Waals surface area contributed by atoms with Crippen LogP contribution in [0.2, 0.25) is 0 Å². The summed E-state index contributed by atoms with van der Waals surface area (Å²) >= 11 is 0. The van der Waals surface area contributed by atoms with E-state index in [1.165, 1.54) is 44.6 Å². The number of benzene rings is 2. The van der Waals surface area contributed by atoms with Crippen LogP contribution < -0.4 is 15.6 Å². The van der Waals surface area contributed by atoms with E-state index in [0.29, 0.717) is 12.0 Å².